The number of rotatable bonds is 5. The van der Waals surface area contributed by atoms with Crippen LogP contribution in [0.5, 0.6) is 0 Å². The van der Waals surface area contributed by atoms with Gasteiger partial charge in [0.05, 0.1) is 0 Å². The van der Waals surface area contributed by atoms with E-state index in [9.17, 15) is 4.39 Å². The molecule has 1 fully saturated rings. The van der Waals surface area contributed by atoms with Crippen LogP contribution in [0.15, 0.2) is 35.9 Å². The lowest BCUT2D eigenvalue weighted by atomic mass is 10.0. The van der Waals surface area contributed by atoms with Crippen molar-refractivity contribution >= 4 is 0 Å². The SMILES string of the molecule is CC(C)=CCN1CCC(NCc2ccc(F)cc2)CC1. The van der Waals surface area contributed by atoms with Crippen molar-refractivity contribution in [3.63, 3.8) is 0 Å². The molecule has 1 aliphatic rings. The van der Waals surface area contributed by atoms with Crippen LogP contribution in [0.1, 0.15) is 32.3 Å². The van der Waals surface area contributed by atoms with Crippen LogP contribution in [-0.4, -0.2) is 30.6 Å². The number of hydrogen-bond acceptors (Lipinski definition) is 2. The lowest BCUT2D eigenvalue weighted by Crippen LogP contribution is -2.42. The second kappa shape index (κ2) is 7.55. The summed E-state index contributed by atoms with van der Waals surface area (Å²) in [5.41, 5.74) is 2.54. The van der Waals surface area contributed by atoms with Crippen molar-refractivity contribution in [2.45, 2.75) is 39.3 Å². The first-order valence-electron chi connectivity index (χ1n) is 7.47. The Kier molecular flexibility index (Phi) is 5.74. The zero-order chi connectivity index (χ0) is 14.4. The van der Waals surface area contributed by atoms with Gasteiger partial charge in [0.25, 0.3) is 0 Å². The highest BCUT2D eigenvalue weighted by Gasteiger charge is 2.17. The van der Waals surface area contributed by atoms with E-state index in [0.29, 0.717) is 6.04 Å². The Balaban J connectivity index is 1.69. The molecule has 0 atom stereocenters. The van der Waals surface area contributed by atoms with Crippen molar-refractivity contribution in [2.75, 3.05) is 19.6 Å². The lowest BCUT2D eigenvalue weighted by molar-refractivity contribution is 0.214. The fraction of sp³-hybridized carbons (Fsp3) is 0.529. The molecule has 0 spiro atoms. The molecule has 0 aliphatic carbocycles. The standard InChI is InChI=1S/C17H25FN2/c1-14(2)7-10-20-11-8-17(9-12-20)19-13-15-3-5-16(18)6-4-15/h3-7,17,19H,8-13H2,1-2H3. The summed E-state index contributed by atoms with van der Waals surface area (Å²) in [6.07, 6.45) is 4.68. The average molecular weight is 276 g/mol. The first kappa shape index (κ1) is 15.2. The normalized spacial score (nSPS) is 17.1. The van der Waals surface area contributed by atoms with E-state index in [1.54, 1.807) is 0 Å². The van der Waals surface area contributed by atoms with Gasteiger partial charge in [-0.3, -0.25) is 4.90 Å². The highest BCUT2D eigenvalue weighted by molar-refractivity contribution is 5.15. The first-order chi connectivity index (χ1) is 9.63. The van der Waals surface area contributed by atoms with Gasteiger partial charge in [-0.15, -0.1) is 0 Å². The third-order valence-electron chi connectivity index (χ3n) is 3.85. The Morgan fingerprint density at radius 1 is 1.25 bits per heavy atom. The molecular formula is C17H25FN2. The third-order valence-corrected chi connectivity index (χ3v) is 3.85. The zero-order valence-electron chi connectivity index (χ0n) is 12.5. The number of piperidine rings is 1. The van der Waals surface area contributed by atoms with Gasteiger partial charge in [-0.05, 0) is 57.5 Å². The molecule has 0 saturated carbocycles. The summed E-state index contributed by atoms with van der Waals surface area (Å²) in [4.78, 5) is 2.50. The van der Waals surface area contributed by atoms with E-state index in [0.717, 1.165) is 31.7 Å². The van der Waals surface area contributed by atoms with Gasteiger partial charge in [-0.2, -0.15) is 0 Å². The van der Waals surface area contributed by atoms with Crippen molar-refractivity contribution in [1.82, 2.24) is 10.2 Å². The topological polar surface area (TPSA) is 15.3 Å². The highest BCUT2D eigenvalue weighted by Crippen LogP contribution is 2.12. The minimum absolute atomic E-state index is 0.165. The number of likely N-dealkylation sites (tertiary alicyclic amines) is 1. The Labute approximate surface area is 121 Å². The number of halogens is 1. The monoisotopic (exact) mass is 276 g/mol. The fourth-order valence-electron chi connectivity index (χ4n) is 2.50. The molecule has 1 aliphatic heterocycles. The summed E-state index contributed by atoms with van der Waals surface area (Å²) < 4.78 is 12.8. The van der Waals surface area contributed by atoms with Crippen LogP contribution in [0.4, 0.5) is 4.39 Å². The van der Waals surface area contributed by atoms with Crippen LogP contribution >= 0.6 is 0 Å². The van der Waals surface area contributed by atoms with Crippen LogP contribution < -0.4 is 5.32 Å². The smallest absolute Gasteiger partial charge is 0.123 e. The molecule has 0 radical (unpaired) electrons. The van der Waals surface area contributed by atoms with Crippen LogP contribution in [-0.2, 0) is 6.54 Å². The van der Waals surface area contributed by atoms with Crippen LogP contribution in [0.25, 0.3) is 0 Å². The molecule has 1 aromatic rings. The van der Waals surface area contributed by atoms with E-state index in [2.05, 4.69) is 30.1 Å². The van der Waals surface area contributed by atoms with E-state index in [1.165, 1.54) is 30.5 Å². The van der Waals surface area contributed by atoms with Gasteiger partial charge in [0.1, 0.15) is 5.82 Å². The van der Waals surface area contributed by atoms with Gasteiger partial charge in [0.2, 0.25) is 0 Å². The van der Waals surface area contributed by atoms with Gasteiger partial charge >= 0.3 is 0 Å². The zero-order valence-corrected chi connectivity index (χ0v) is 12.5. The Morgan fingerprint density at radius 3 is 2.50 bits per heavy atom. The molecule has 1 heterocycles. The number of nitrogens with one attached hydrogen (secondary N) is 1. The summed E-state index contributed by atoms with van der Waals surface area (Å²) in [6.45, 7) is 8.52. The minimum atomic E-state index is -0.165. The van der Waals surface area contributed by atoms with E-state index in [1.807, 2.05) is 12.1 Å². The molecule has 2 nitrogen and oxygen atoms in total. The van der Waals surface area contributed by atoms with Crippen molar-refractivity contribution in [2.24, 2.45) is 0 Å². The second-order valence-corrected chi connectivity index (χ2v) is 5.86. The van der Waals surface area contributed by atoms with Gasteiger partial charge in [0.15, 0.2) is 0 Å². The molecule has 1 N–H and O–H groups in total. The molecule has 110 valence electrons. The molecule has 1 saturated heterocycles. The van der Waals surface area contributed by atoms with Crippen molar-refractivity contribution in [3.8, 4) is 0 Å². The first-order valence-corrected chi connectivity index (χ1v) is 7.47. The molecule has 0 unspecified atom stereocenters. The Bertz CT molecular complexity index is 427. The Hall–Kier alpha value is -1.19. The number of benzene rings is 1. The summed E-state index contributed by atoms with van der Waals surface area (Å²) in [5.74, 6) is -0.165. The van der Waals surface area contributed by atoms with Gasteiger partial charge in [-0.1, -0.05) is 23.8 Å². The average Bonchev–Trinajstić information content (AvgIpc) is 2.45. The largest absolute Gasteiger partial charge is 0.310 e. The highest BCUT2D eigenvalue weighted by atomic mass is 19.1. The van der Waals surface area contributed by atoms with E-state index >= 15 is 0 Å². The second-order valence-electron chi connectivity index (χ2n) is 5.86. The maximum Gasteiger partial charge on any atom is 0.123 e. The van der Waals surface area contributed by atoms with E-state index < -0.39 is 0 Å². The number of allylic oxidation sites excluding steroid dienone is 1. The molecule has 2 rings (SSSR count). The molecule has 0 bridgehead atoms. The van der Waals surface area contributed by atoms with Gasteiger partial charge in [-0.25, -0.2) is 4.39 Å². The molecular weight excluding hydrogens is 251 g/mol. The van der Waals surface area contributed by atoms with Crippen LogP contribution in [0, 0.1) is 5.82 Å². The summed E-state index contributed by atoms with van der Waals surface area (Å²) >= 11 is 0. The molecule has 0 aromatic heterocycles. The molecule has 0 amide bonds. The summed E-state index contributed by atoms with van der Waals surface area (Å²) in [7, 11) is 0. The van der Waals surface area contributed by atoms with Gasteiger partial charge in [0, 0.05) is 19.1 Å². The maximum absolute atomic E-state index is 12.8. The Morgan fingerprint density at radius 2 is 1.90 bits per heavy atom. The molecule has 20 heavy (non-hydrogen) atoms. The van der Waals surface area contributed by atoms with Crippen molar-refractivity contribution in [1.29, 1.82) is 0 Å². The van der Waals surface area contributed by atoms with Crippen molar-refractivity contribution < 1.29 is 4.39 Å². The maximum atomic E-state index is 12.8. The van der Waals surface area contributed by atoms with Crippen LogP contribution in [0.2, 0.25) is 0 Å². The van der Waals surface area contributed by atoms with Crippen LogP contribution in [0.3, 0.4) is 0 Å². The van der Waals surface area contributed by atoms with E-state index in [4.69, 9.17) is 0 Å². The molecule has 3 heteroatoms. The van der Waals surface area contributed by atoms with Crippen molar-refractivity contribution in [3.05, 3.63) is 47.3 Å². The number of hydrogen-bond donors (Lipinski definition) is 1. The summed E-state index contributed by atoms with van der Waals surface area (Å²) in [5, 5.41) is 3.58. The molecule has 1 aromatic carbocycles. The third kappa shape index (κ3) is 5.06. The number of nitrogens with zero attached hydrogens (tertiary/aromatic N) is 1. The minimum Gasteiger partial charge on any atom is -0.310 e. The van der Waals surface area contributed by atoms with Gasteiger partial charge < -0.3 is 5.32 Å². The predicted octanol–water partition coefficient (Wildman–Crippen LogP) is 3.35. The predicted molar refractivity (Wildman–Crippen MR) is 82.1 cm³/mol. The lowest BCUT2D eigenvalue weighted by Gasteiger charge is -2.31. The summed E-state index contributed by atoms with van der Waals surface area (Å²) in [6, 6.07) is 7.35. The van der Waals surface area contributed by atoms with E-state index in [-0.39, 0.29) is 5.82 Å². The fourth-order valence-corrected chi connectivity index (χ4v) is 2.50. The quantitative estimate of drug-likeness (QED) is 0.830.